The van der Waals surface area contributed by atoms with Crippen LogP contribution in [0.4, 0.5) is 18.9 Å². The maximum Gasteiger partial charge on any atom is 0.416 e. The molecule has 2 aromatic carbocycles. The van der Waals surface area contributed by atoms with Gasteiger partial charge in [-0.2, -0.15) is 13.2 Å². The van der Waals surface area contributed by atoms with Gasteiger partial charge in [0.05, 0.1) is 31.1 Å². The van der Waals surface area contributed by atoms with Crippen molar-refractivity contribution in [3.05, 3.63) is 59.2 Å². The number of carbonyl (C=O) groups is 2. The van der Waals surface area contributed by atoms with Gasteiger partial charge in [0.15, 0.2) is 0 Å². The zero-order valence-electron chi connectivity index (χ0n) is 26.5. The highest BCUT2D eigenvalue weighted by Crippen LogP contribution is 2.44. The van der Waals surface area contributed by atoms with E-state index in [1.54, 1.807) is 20.3 Å². The Kier molecular flexibility index (Phi) is 9.53. The summed E-state index contributed by atoms with van der Waals surface area (Å²) < 4.78 is 52.7. The number of ether oxygens (including phenoxy) is 2. The molecule has 4 aliphatic rings. The summed E-state index contributed by atoms with van der Waals surface area (Å²) in [4.78, 5) is 32.3. The van der Waals surface area contributed by atoms with Crippen LogP contribution in [0.15, 0.2) is 42.5 Å². The summed E-state index contributed by atoms with van der Waals surface area (Å²) in [5.74, 6) is -1.02. The van der Waals surface area contributed by atoms with E-state index in [1.165, 1.54) is 12.5 Å². The van der Waals surface area contributed by atoms with Crippen LogP contribution in [-0.2, 0) is 20.5 Å². The van der Waals surface area contributed by atoms with Crippen LogP contribution in [0, 0.1) is 17.8 Å². The first kappa shape index (κ1) is 32.6. The van der Waals surface area contributed by atoms with E-state index >= 15 is 0 Å². The molecule has 46 heavy (non-hydrogen) atoms. The van der Waals surface area contributed by atoms with Crippen LogP contribution in [0.25, 0.3) is 0 Å². The molecule has 4 atom stereocenters. The molecule has 3 heterocycles. The van der Waals surface area contributed by atoms with Crippen molar-refractivity contribution in [3.8, 4) is 5.75 Å². The topological polar surface area (TPSA) is 82.6 Å². The van der Waals surface area contributed by atoms with Crippen LogP contribution in [0.1, 0.15) is 60.6 Å². The number of halogens is 3. The second kappa shape index (κ2) is 13.4. The van der Waals surface area contributed by atoms with Gasteiger partial charge >= 0.3 is 12.1 Å². The minimum absolute atomic E-state index is 0.0380. The number of methoxy groups -OCH3 is 2. The number of benzene rings is 2. The maximum atomic E-state index is 14.4. The van der Waals surface area contributed by atoms with E-state index in [0.717, 1.165) is 42.3 Å². The van der Waals surface area contributed by atoms with Crippen molar-refractivity contribution in [2.24, 2.45) is 17.8 Å². The van der Waals surface area contributed by atoms with Gasteiger partial charge < -0.3 is 24.4 Å². The molecule has 3 aliphatic heterocycles. The molecular formula is C35H44F3N3O5. The van der Waals surface area contributed by atoms with Gasteiger partial charge in [-0.3, -0.25) is 14.5 Å². The molecular weight excluding hydrogens is 599 g/mol. The third kappa shape index (κ3) is 6.58. The molecule has 3 saturated heterocycles. The number of hydrogen-bond donors (Lipinski definition) is 1. The molecule has 1 amide bonds. The Morgan fingerprint density at radius 3 is 2.22 bits per heavy atom. The number of carboxylic acid groups (broad SMARTS) is 1. The normalized spacial score (nSPS) is 26.4. The summed E-state index contributed by atoms with van der Waals surface area (Å²) >= 11 is 0. The van der Waals surface area contributed by atoms with Crippen LogP contribution in [0.2, 0.25) is 0 Å². The molecule has 0 radical (unpaired) electrons. The Balaban J connectivity index is 1.28. The van der Waals surface area contributed by atoms with E-state index in [0.29, 0.717) is 63.9 Å². The highest BCUT2D eigenvalue weighted by atomic mass is 19.4. The fraction of sp³-hybridized carbons (Fsp3) is 0.600. The van der Waals surface area contributed by atoms with Gasteiger partial charge in [0.1, 0.15) is 5.75 Å². The second-order valence-electron chi connectivity index (χ2n) is 13.5. The van der Waals surface area contributed by atoms with Crippen molar-refractivity contribution in [1.29, 1.82) is 0 Å². The fourth-order valence-corrected chi connectivity index (χ4v) is 8.02. The summed E-state index contributed by atoms with van der Waals surface area (Å²) in [7, 11) is 3.24. The van der Waals surface area contributed by atoms with Crippen LogP contribution < -0.4 is 9.64 Å². The summed E-state index contributed by atoms with van der Waals surface area (Å²) in [5, 5.41) is 9.49. The summed E-state index contributed by atoms with van der Waals surface area (Å²) in [6.45, 7) is 3.47. The number of carboxylic acids is 1. The van der Waals surface area contributed by atoms with E-state index in [9.17, 15) is 27.9 Å². The van der Waals surface area contributed by atoms with Gasteiger partial charge in [-0.15, -0.1) is 0 Å². The minimum atomic E-state index is -4.51. The Morgan fingerprint density at radius 2 is 1.63 bits per heavy atom. The lowest BCUT2D eigenvalue weighted by atomic mass is 9.86. The Morgan fingerprint density at radius 1 is 0.913 bits per heavy atom. The summed E-state index contributed by atoms with van der Waals surface area (Å²) in [6, 6.07) is 12.4. The predicted octanol–water partition coefficient (Wildman–Crippen LogP) is 5.47. The van der Waals surface area contributed by atoms with E-state index in [1.807, 2.05) is 21.9 Å². The van der Waals surface area contributed by atoms with Crippen molar-refractivity contribution in [3.63, 3.8) is 0 Å². The predicted molar refractivity (Wildman–Crippen MR) is 167 cm³/mol. The van der Waals surface area contributed by atoms with E-state index in [4.69, 9.17) is 9.47 Å². The Hall–Kier alpha value is -3.31. The van der Waals surface area contributed by atoms with Crippen LogP contribution >= 0.6 is 0 Å². The number of nitrogens with zero attached hydrogens (tertiary/aromatic N) is 3. The van der Waals surface area contributed by atoms with Crippen LogP contribution in [0.3, 0.4) is 0 Å². The number of alkyl halides is 3. The van der Waals surface area contributed by atoms with E-state index in [-0.39, 0.29) is 29.6 Å². The van der Waals surface area contributed by atoms with Crippen molar-refractivity contribution in [2.75, 3.05) is 65.0 Å². The van der Waals surface area contributed by atoms with Crippen molar-refractivity contribution in [1.82, 2.24) is 9.80 Å². The molecule has 250 valence electrons. The first-order valence-corrected chi connectivity index (χ1v) is 16.4. The lowest BCUT2D eigenvalue weighted by Gasteiger charge is -2.35. The third-order valence-corrected chi connectivity index (χ3v) is 10.9. The largest absolute Gasteiger partial charge is 0.497 e. The maximum absolute atomic E-state index is 14.4. The Bertz CT molecular complexity index is 1390. The van der Waals surface area contributed by atoms with E-state index in [2.05, 4.69) is 17.0 Å². The van der Waals surface area contributed by atoms with Gasteiger partial charge in [0.2, 0.25) is 5.91 Å². The number of piperidine rings is 1. The number of anilines is 1. The third-order valence-electron chi connectivity index (χ3n) is 10.9. The molecule has 1 aliphatic carbocycles. The lowest BCUT2D eigenvalue weighted by molar-refractivity contribution is -0.142. The van der Waals surface area contributed by atoms with Crippen molar-refractivity contribution >= 4 is 17.6 Å². The SMILES string of the molecule is COC[C@H]1CN(C(=O)[C@@H]2CN(C3CCC3)C[C@H]2c2ccc(OC)cc2)C[C@@H]1c1ccc(C(F)(F)F)cc1N1CCC(C(=O)O)CC1. The van der Waals surface area contributed by atoms with Gasteiger partial charge in [0, 0.05) is 75.9 Å². The van der Waals surface area contributed by atoms with Gasteiger partial charge in [0.25, 0.3) is 0 Å². The standard InChI is InChI=1S/C35H44F3N3O5/c1-45-21-24-17-41(33(42)31-20-40(26-4-3-5-26)18-29(31)22-6-9-27(46-2)10-7-22)19-30(24)28-11-8-25(35(36,37)38)16-32(28)39-14-12-23(13-15-39)34(43)44/h6-11,16,23-24,26,29-31H,3-5,12-15,17-21H2,1-2H3,(H,43,44)/t24-,29+,30+,31-/m1/s1. The molecule has 0 bridgehead atoms. The molecule has 0 spiro atoms. The van der Waals surface area contributed by atoms with Crippen LogP contribution in [-0.4, -0.2) is 92.9 Å². The fourth-order valence-electron chi connectivity index (χ4n) is 8.02. The monoisotopic (exact) mass is 643 g/mol. The molecule has 6 rings (SSSR count). The highest BCUT2D eigenvalue weighted by Gasteiger charge is 2.47. The molecule has 2 aromatic rings. The number of hydrogen-bond acceptors (Lipinski definition) is 6. The molecule has 1 saturated carbocycles. The Labute approximate surface area is 268 Å². The quantitative estimate of drug-likeness (QED) is 0.388. The smallest absolute Gasteiger partial charge is 0.416 e. The molecule has 11 heteroatoms. The molecule has 0 aromatic heterocycles. The van der Waals surface area contributed by atoms with Gasteiger partial charge in [-0.05, 0) is 61.1 Å². The van der Waals surface area contributed by atoms with Gasteiger partial charge in [-0.1, -0.05) is 24.6 Å². The number of aliphatic carboxylic acids is 1. The summed E-state index contributed by atoms with van der Waals surface area (Å²) in [5.41, 5.74) is 1.62. The number of carbonyl (C=O) groups excluding carboxylic acids is 1. The average Bonchev–Trinajstić information content (AvgIpc) is 3.64. The zero-order valence-corrected chi connectivity index (χ0v) is 26.5. The number of amides is 1. The minimum Gasteiger partial charge on any atom is -0.497 e. The van der Waals surface area contributed by atoms with E-state index < -0.39 is 23.6 Å². The first-order valence-electron chi connectivity index (χ1n) is 16.4. The lowest BCUT2D eigenvalue weighted by Crippen LogP contribution is -2.41. The molecule has 1 N–H and O–H groups in total. The molecule has 8 nitrogen and oxygen atoms in total. The average molecular weight is 644 g/mol. The summed E-state index contributed by atoms with van der Waals surface area (Å²) in [6.07, 6.45) is -0.261. The first-order chi connectivity index (χ1) is 22.1. The van der Waals surface area contributed by atoms with Gasteiger partial charge in [-0.25, -0.2) is 0 Å². The van der Waals surface area contributed by atoms with Crippen molar-refractivity contribution < 1.29 is 37.3 Å². The number of likely N-dealkylation sites (tertiary alicyclic amines) is 2. The molecule has 0 unspecified atom stereocenters. The van der Waals surface area contributed by atoms with Crippen molar-refractivity contribution in [2.45, 2.75) is 56.2 Å². The van der Waals surface area contributed by atoms with Crippen LogP contribution in [0.5, 0.6) is 5.75 Å². The molecule has 4 fully saturated rings. The highest BCUT2D eigenvalue weighted by molar-refractivity contribution is 5.81. The number of rotatable bonds is 9. The zero-order chi connectivity index (χ0) is 32.6. The second-order valence-corrected chi connectivity index (χ2v) is 13.5.